The number of carboxylic acid groups (broad SMARTS) is 1. The average Bonchev–Trinajstić information content (AvgIpc) is 2.42. The molecule has 1 aromatic rings. The Balaban J connectivity index is 2.46. The van der Waals surface area contributed by atoms with Gasteiger partial charge in [0.1, 0.15) is 6.04 Å². The summed E-state index contributed by atoms with van der Waals surface area (Å²) in [4.78, 5) is 22.6. The van der Waals surface area contributed by atoms with Crippen molar-refractivity contribution < 1.29 is 14.7 Å². The van der Waals surface area contributed by atoms with Gasteiger partial charge in [0, 0.05) is 5.03 Å². The Morgan fingerprint density at radius 2 is 1.95 bits per heavy atom. The predicted molar refractivity (Wildman–Crippen MR) is 77.7 cm³/mol. The Labute approximate surface area is 122 Å². The Bertz CT molecular complexity index is 477. The highest BCUT2D eigenvalue weighted by Crippen LogP contribution is 2.05. The molecule has 0 fully saturated rings. The number of carbonyl (C=O) groups excluding carboxylic acids is 1. The summed E-state index contributed by atoms with van der Waals surface area (Å²) >= 11 is 5.51. The molecule has 2 amide bonds. The van der Waals surface area contributed by atoms with Crippen LogP contribution in [0.15, 0.2) is 41.9 Å². The van der Waals surface area contributed by atoms with E-state index in [0.29, 0.717) is 12.8 Å². The molecular weight excluding hydrogens is 280 g/mol. The standard InChI is InChI=1S/C14H17ClN2O3/c1-10(15)9-16-14(20)17-12(13(18)19)8-7-11-5-3-2-4-6-11/h2-6,12H,1,7-9H2,(H,18,19)(H2,16,17,20). The summed E-state index contributed by atoms with van der Waals surface area (Å²) in [6, 6.07) is 7.97. The maximum atomic E-state index is 11.5. The van der Waals surface area contributed by atoms with Gasteiger partial charge in [0.25, 0.3) is 0 Å². The van der Waals surface area contributed by atoms with E-state index < -0.39 is 18.0 Å². The number of amides is 2. The number of halogens is 1. The van der Waals surface area contributed by atoms with Crippen molar-refractivity contribution in [1.29, 1.82) is 0 Å². The minimum Gasteiger partial charge on any atom is -0.480 e. The van der Waals surface area contributed by atoms with Crippen LogP contribution < -0.4 is 10.6 Å². The van der Waals surface area contributed by atoms with Crippen molar-refractivity contribution in [3.8, 4) is 0 Å². The molecule has 0 heterocycles. The second-order valence-electron chi connectivity index (χ2n) is 4.26. The first-order valence-corrected chi connectivity index (χ1v) is 6.51. The summed E-state index contributed by atoms with van der Waals surface area (Å²) in [5, 5.41) is 14.2. The molecule has 1 atom stereocenters. The summed E-state index contributed by atoms with van der Waals surface area (Å²) in [5.41, 5.74) is 1.02. The summed E-state index contributed by atoms with van der Waals surface area (Å²) in [6.07, 6.45) is 0.884. The van der Waals surface area contributed by atoms with E-state index in [1.807, 2.05) is 30.3 Å². The van der Waals surface area contributed by atoms with Gasteiger partial charge in [-0.25, -0.2) is 9.59 Å². The van der Waals surface area contributed by atoms with Crippen LogP contribution in [0.1, 0.15) is 12.0 Å². The number of aliphatic carboxylic acids is 1. The largest absolute Gasteiger partial charge is 0.480 e. The number of hydrogen-bond acceptors (Lipinski definition) is 2. The predicted octanol–water partition coefficient (Wildman–Crippen LogP) is 2.12. The van der Waals surface area contributed by atoms with Crippen LogP contribution in [0.2, 0.25) is 0 Å². The number of nitrogens with one attached hydrogen (secondary N) is 2. The number of rotatable bonds is 7. The molecule has 3 N–H and O–H groups in total. The van der Waals surface area contributed by atoms with E-state index in [0.717, 1.165) is 5.56 Å². The molecule has 20 heavy (non-hydrogen) atoms. The van der Waals surface area contributed by atoms with Crippen molar-refractivity contribution in [2.75, 3.05) is 6.54 Å². The zero-order valence-corrected chi connectivity index (χ0v) is 11.7. The van der Waals surface area contributed by atoms with Crippen LogP contribution in [0, 0.1) is 0 Å². The van der Waals surface area contributed by atoms with Crippen LogP contribution in [0.3, 0.4) is 0 Å². The van der Waals surface area contributed by atoms with E-state index in [2.05, 4.69) is 17.2 Å². The third-order valence-corrected chi connectivity index (χ3v) is 2.74. The molecule has 6 heteroatoms. The first-order chi connectivity index (χ1) is 9.49. The molecule has 0 spiro atoms. The fraction of sp³-hybridized carbons (Fsp3) is 0.286. The maximum Gasteiger partial charge on any atom is 0.326 e. The molecule has 1 rings (SSSR count). The minimum absolute atomic E-state index is 0.0956. The molecule has 0 aromatic heterocycles. The highest BCUT2D eigenvalue weighted by Gasteiger charge is 2.19. The lowest BCUT2D eigenvalue weighted by atomic mass is 10.1. The monoisotopic (exact) mass is 296 g/mol. The van der Waals surface area contributed by atoms with E-state index in [9.17, 15) is 9.59 Å². The van der Waals surface area contributed by atoms with Crippen molar-refractivity contribution >= 4 is 23.6 Å². The molecule has 0 saturated carbocycles. The van der Waals surface area contributed by atoms with Crippen LogP contribution in [0.5, 0.6) is 0 Å². The van der Waals surface area contributed by atoms with Crippen molar-refractivity contribution in [3.05, 3.63) is 47.5 Å². The fourth-order valence-corrected chi connectivity index (χ4v) is 1.67. The number of carbonyl (C=O) groups is 2. The van der Waals surface area contributed by atoms with Gasteiger partial charge in [0.15, 0.2) is 0 Å². The van der Waals surface area contributed by atoms with Gasteiger partial charge >= 0.3 is 12.0 Å². The SMILES string of the molecule is C=C(Cl)CNC(=O)NC(CCc1ccccc1)C(=O)O. The quantitative estimate of drug-likeness (QED) is 0.721. The average molecular weight is 297 g/mol. The van der Waals surface area contributed by atoms with Crippen LogP contribution >= 0.6 is 11.6 Å². The molecule has 0 aliphatic carbocycles. The van der Waals surface area contributed by atoms with E-state index in [4.69, 9.17) is 16.7 Å². The Morgan fingerprint density at radius 1 is 1.30 bits per heavy atom. The Morgan fingerprint density at radius 3 is 2.50 bits per heavy atom. The molecule has 1 unspecified atom stereocenters. The van der Waals surface area contributed by atoms with Crippen LogP contribution in [0.25, 0.3) is 0 Å². The van der Waals surface area contributed by atoms with Crippen LogP contribution in [-0.2, 0) is 11.2 Å². The van der Waals surface area contributed by atoms with Crippen LogP contribution in [0.4, 0.5) is 4.79 Å². The van der Waals surface area contributed by atoms with Gasteiger partial charge in [-0.3, -0.25) is 0 Å². The lowest BCUT2D eigenvalue weighted by Gasteiger charge is -2.15. The second-order valence-corrected chi connectivity index (χ2v) is 4.79. The minimum atomic E-state index is -1.07. The van der Waals surface area contributed by atoms with E-state index in [1.165, 1.54) is 0 Å². The first kappa shape index (κ1) is 16.0. The molecule has 0 aliphatic heterocycles. The van der Waals surface area contributed by atoms with E-state index in [-0.39, 0.29) is 11.6 Å². The third kappa shape index (κ3) is 6.24. The number of hydrogen-bond donors (Lipinski definition) is 3. The van der Waals surface area contributed by atoms with Gasteiger partial charge < -0.3 is 15.7 Å². The zero-order valence-electron chi connectivity index (χ0n) is 10.9. The maximum absolute atomic E-state index is 11.5. The van der Waals surface area contributed by atoms with Crippen molar-refractivity contribution in [1.82, 2.24) is 10.6 Å². The number of benzene rings is 1. The zero-order chi connectivity index (χ0) is 15.0. The summed E-state index contributed by atoms with van der Waals surface area (Å²) in [5.74, 6) is -1.07. The summed E-state index contributed by atoms with van der Waals surface area (Å²) in [6.45, 7) is 3.52. The number of aryl methyl sites for hydroxylation is 1. The smallest absolute Gasteiger partial charge is 0.326 e. The topological polar surface area (TPSA) is 78.4 Å². The normalized spacial score (nSPS) is 11.4. The molecule has 0 radical (unpaired) electrons. The van der Waals surface area contributed by atoms with E-state index >= 15 is 0 Å². The summed E-state index contributed by atoms with van der Waals surface area (Å²) in [7, 11) is 0. The highest BCUT2D eigenvalue weighted by molar-refractivity contribution is 6.29. The summed E-state index contributed by atoms with van der Waals surface area (Å²) < 4.78 is 0. The second kappa shape index (κ2) is 8.22. The third-order valence-electron chi connectivity index (χ3n) is 2.61. The van der Waals surface area contributed by atoms with Crippen LogP contribution in [-0.4, -0.2) is 29.7 Å². The Kier molecular flexibility index (Phi) is 6.59. The van der Waals surface area contributed by atoms with Gasteiger partial charge in [-0.05, 0) is 18.4 Å². The fourth-order valence-electron chi connectivity index (χ4n) is 1.60. The van der Waals surface area contributed by atoms with Crippen molar-refractivity contribution in [2.45, 2.75) is 18.9 Å². The van der Waals surface area contributed by atoms with E-state index in [1.54, 1.807) is 0 Å². The lowest BCUT2D eigenvalue weighted by Crippen LogP contribution is -2.46. The van der Waals surface area contributed by atoms with Gasteiger partial charge in [-0.1, -0.05) is 48.5 Å². The van der Waals surface area contributed by atoms with Gasteiger partial charge in [-0.15, -0.1) is 0 Å². The Hall–Kier alpha value is -2.01. The van der Waals surface area contributed by atoms with Crippen molar-refractivity contribution in [3.63, 3.8) is 0 Å². The van der Waals surface area contributed by atoms with Gasteiger partial charge in [0.2, 0.25) is 0 Å². The highest BCUT2D eigenvalue weighted by atomic mass is 35.5. The molecule has 0 saturated heterocycles. The van der Waals surface area contributed by atoms with Gasteiger partial charge in [-0.2, -0.15) is 0 Å². The molecule has 0 aliphatic rings. The number of carboxylic acids is 1. The molecule has 1 aromatic carbocycles. The molecule has 108 valence electrons. The van der Waals surface area contributed by atoms with Gasteiger partial charge in [0.05, 0.1) is 6.54 Å². The first-order valence-electron chi connectivity index (χ1n) is 6.13. The molecule has 0 bridgehead atoms. The number of urea groups is 1. The molecular formula is C14H17ClN2O3. The van der Waals surface area contributed by atoms with Crippen molar-refractivity contribution in [2.24, 2.45) is 0 Å². The molecule has 5 nitrogen and oxygen atoms in total. The lowest BCUT2D eigenvalue weighted by molar-refractivity contribution is -0.139.